The lowest BCUT2D eigenvalue weighted by Gasteiger charge is -2.35. The molecule has 0 bridgehead atoms. The van der Waals surface area contributed by atoms with Crippen LogP contribution in [0, 0.1) is 5.82 Å². The molecule has 0 aromatic heterocycles. The summed E-state index contributed by atoms with van der Waals surface area (Å²) in [6.45, 7) is 2.83. The van der Waals surface area contributed by atoms with Crippen LogP contribution in [0.3, 0.4) is 0 Å². The molecule has 0 radical (unpaired) electrons. The maximum atomic E-state index is 13.5. The van der Waals surface area contributed by atoms with Crippen molar-refractivity contribution in [1.29, 1.82) is 0 Å². The molecular weight excluding hydrogens is 625 g/mol. The van der Waals surface area contributed by atoms with Crippen LogP contribution >= 0.6 is 11.6 Å². The second-order valence-corrected chi connectivity index (χ2v) is 13.4. The number of anilines is 1. The first-order valence-corrected chi connectivity index (χ1v) is 16.5. The maximum Gasteiger partial charge on any atom is 0.332 e. The molecular formula is C33H35ClFNO8S. The molecule has 1 spiro atoms. The van der Waals surface area contributed by atoms with Gasteiger partial charge in [0.15, 0.2) is 5.79 Å². The van der Waals surface area contributed by atoms with Gasteiger partial charge < -0.3 is 24.1 Å². The van der Waals surface area contributed by atoms with Gasteiger partial charge >= 0.3 is 5.97 Å². The number of benzene rings is 3. The molecule has 1 fully saturated rings. The summed E-state index contributed by atoms with van der Waals surface area (Å²) in [5.74, 6) is -3.60. The van der Waals surface area contributed by atoms with Crippen molar-refractivity contribution in [3.8, 4) is 0 Å². The van der Waals surface area contributed by atoms with Crippen molar-refractivity contribution >= 4 is 33.3 Å². The highest BCUT2D eigenvalue weighted by molar-refractivity contribution is 7.93. The van der Waals surface area contributed by atoms with E-state index in [0.717, 1.165) is 23.3 Å². The summed E-state index contributed by atoms with van der Waals surface area (Å²) in [6, 6.07) is 22.5. The Kier molecular flexibility index (Phi) is 10.3. The van der Waals surface area contributed by atoms with Gasteiger partial charge in [-0.2, -0.15) is 0 Å². The molecule has 12 heteroatoms. The summed E-state index contributed by atoms with van der Waals surface area (Å²) in [4.78, 5) is 12.5. The number of carbonyl (C=O) groups is 1. The van der Waals surface area contributed by atoms with Crippen molar-refractivity contribution < 1.29 is 41.7 Å². The predicted molar refractivity (Wildman–Crippen MR) is 167 cm³/mol. The molecule has 2 aliphatic rings. The summed E-state index contributed by atoms with van der Waals surface area (Å²) in [5, 5.41) is 8.56. The predicted octanol–water partition coefficient (Wildman–Crippen LogP) is 6.09. The van der Waals surface area contributed by atoms with Crippen molar-refractivity contribution in [2.75, 3.05) is 17.9 Å². The number of aliphatic carboxylic acids is 1. The first kappa shape index (κ1) is 33.1. The number of hydrogen-bond donors (Lipinski definition) is 2. The Labute approximate surface area is 267 Å². The van der Waals surface area contributed by atoms with Crippen LogP contribution in [0.4, 0.5) is 10.1 Å². The molecule has 5 rings (SSSR count). The number of ether oxygens (including phenoxy) is 4. The highest BCUT2D eigenvalue weighted by Crippen LogP contribution is 2.47. The molecule has 2 N–H and O–H groups in total. The Bertz CT molecular complexity index is 1620. The summed E-state index contributed by atoms with van der Waals surface area (Å²) < 4.78 is 68.0. The fraction of sp³-hybridized carbons (Fsp3) is 0.364. The van der Waals surface area contributed by atoms with E-state index in [-0.39, 0.29) is 36.8 Å². The van der Waals surface area contributed by atoms with E-state index in [2.05, 4.69) is 4.72 Å². The zero-order chi connectivity index (χ0) is 32.1. The molecule has 1 aliphatic heterocycles. The van der Waals surface area contributed by atoms with Crippen LogP contribution in [0.25, 0.3) is 0 Å². The molecule has 1 heterocycles. The van der Waals surface area contributed by atoms with Gasteiger partial charge in [-0.3, -0.25) is 4.72 Å². The van der Waals surface area contributed by atoms with Gasteiger partial charge in [-0.05, 0) is 48.2 Å². The fourth-order valence-electron chi connectivity index (χ4n) is 5.65. The molecule has 45 heavy (non-hydrogen) atoms. The fourth-order valence-corrected chi connectivity index (χ4v) is 7.48. The number of carboxylic acid groups (broad SMARTS) is 1. The summed E-state index contributed by atoms with van der Waals surface area (Å²) in [5.41, 5.74) is 0.459. The quantitative estimate of drug-likeness (QED) is 0.226. The highest BCUT2D eigenvalue weighted by Gasteiger charge is 2.58. The van der Waals surface area contributed by atoms with Crippen LogP contribution in [0.1, 0.15) is 37.3 Å². The van der Waals surface area contributed by atoms with E-state index in [1.54, 1.807) is 0 Å². The highest BCUT2D eigenvalue weighted by atomic mass is 35.5. The van der Waals surface area contributed by atoms with Gasteiger partial charge in [0.1, 0.15) is 22.8 Å². The topological polar surface area (TPSA) is 120 Å². The molecule has 2 unspecified atom stereocenters. The van der Waals surface area contributed by atoms with Gasteiger partial charge in [0.25, 0.3) is 0 Å². The normalized spacial score (nSPS) is 24.8. The average Bonchev–Trinajstić information content (AvgIpc) is 3.31. The van der Waals surface area contributed by atoms with Gasteiger partial charge in [0.2, 0.25) is 10.0 Å². The Morgan fingerprint density at radius 2 is 1.69 bits per heavy atom. The molecule has 240 valence electrons. The third kappa shape index (κ3) is 7.74. The third-order valence-corrected chi connectivity index (χ3v) is 10.1. The van der Waals surface area contributed by atoms with Gasteiger partial charge in [0, 0.05) is 6.42 Å². The summed E-state index contributed by atoms with van der Waals surface area (Å²) in [6.07, 6.45) is 0.952. The van der Waals surface area contributed by atoms with Gasteiger partial charge in [-0.15, -0.1) is 0 Å². The standard InChI is InChI=1S/C33H35ClFNO8S/c1-2-32(22-42-20-24-11-7-4-8-12-24)30(21-41-19-23-9-5-3-6-10-23)43-33(44-32)16-15-29(26(18-33)31(37)38)45(39,40)36-28-14-13-25(35)17-27(28)34/h3-14,17-18,29-30,36H,2,15-16,19-22H2,1H3,(H,37,38)/t29?,30-,32-,33?/m0/s1. The minimum atomic E-state index is -4.32. The van der Waals surface area contributed by atoms with Crippen molar-refractivity contribution in [3.63, 3.8) is 0 Å². The van der Waals surface area contributed by atoms with Gasteiger partial charge in [-0.25, -0.2) is 17.6 Å². The van der Waals surface area contributed by atoms with Crippen molar-refractivity contribution in [3.05, 3.63) is 112 Å². The van der Waals surface area contributed by atoms with Crippen LogP contribution in [0.5, 0.6) is 0 Å². The van der Waals surface area contributed by atoms with E-state index >= 15 is 0 Å². The SMILES string of the molecule is CC[C@@]1(COCc2ccccc2)OC2(C=C(C(=O)O)C(S(=O)(=O)Nc3ccc(F)cc3Cl)CC2)O[C@H]1COCc1ccccc1. The molecule has 0 saturated carbocycles. The second kappa shape index (κ2) is 14.0. The lowest BCUT2D eigenvalue weighted by molar-refractivity contribution is -0.175. The first-order chi connectivity index (χ1) is 21.5. The number of rotatable bonds is 13. The van der Waals surface area contributed by atoms with Gasteiger partial charge in [-0.1, -0.05) is 79.2 Å². The molecule has 9 nitrogen and oxygen atoms in total. The van der Waals surface area contributed by atoms with Crippen LogP contribution in [-0.4, -0.2) is 55.4 Å². The van der Waals surface area contributed by atoms with E-state index in [0.29, 0.717) is 19.6 Å². The number of carboxylic acids is 1. The largest absolute Gasteiger partial charge is 0.478 e. The third-order valence-electron chi connectivity index (χ3n) is 8.02. The minimum absolute atomic E-state index is 0.0438. The molecule has 1 saturated heterocycles. The van der Waals surface area contributed by atoms with Crippen molar-refractivity contribution in [1.82, 2.24) is 0 Å². The zero-order valence-electron chi connectivity index (χ0n) is 24.7. The Balaban J connectivity index is 1.40. The lowest BCUT2D eigenvalue weighted by atomic mass is 9.93. The zero-order valence-corrected chi connectivity index (χ0v) is 26.2. The molecule has 4 atom stereocenters. The van der Waals surface area contributed by atoms with Crippen LogP contribution in [-0.2, 0) is 47.0 Å². The smallest absolute Gasteiger partial charge is 0.332 e. The van der Waals surface area contributed by atoms with Crippen molar-refractivity contribution in [2.45, 2.75) is 62.1 Å². The molecule has 1 aliphatic carbocycles. The first-order valence-electron chi connectivity index (χ1n) is 14.6. The number of sulfonamides is 1. The molecule has 0 amide bonds. The lowest BCUT2D eigenvalue weighted by Crippen LogP contribution is -2.47. The molecule has 3 aromatic carbocycles. The van der Waals surface area contributed by atoms with Crippen LogP contribution < -0.4 is 4.72 Å². The Morgan fingerprint density at radius 3 is 2.29 bits per heavy atom. The maximum absolute atomic E-state index is 13.5. The van der Waals surface area contributed by atoms with E-state index in [9.17, 15) is 22.7 Å². The van der Waals surface area contributed by atoms with Crippen LogP contribution in [0.2, 0.25) is 5.02 Å². The number of halogens is 2. The Hall–Kier alpha value is -3.32. The molecule has 3 aromatic rings. The number of hydrogen-bond acceptors (Lipinski definition) is 7. The number of nitrogens with one attached hydrogen (secondary N) is 1. The summed E-state index contributed by atoms with van der Waals surface area (Å²) >= 11 is 6.04. The van der Waals surface area contributed by atoms with E-state index in [4.69, 9.17) is 30.5 Å². The van der Waals surface area contributed by atoms with Crippen molar-refractivity contribution in [2.24, 2.45) is 0 Å². The second-order valence-electron chi connectivity index (χ2n) is 11.1. The van der Waals surface area contributed by atoms with Crippen LogP contribution in [0.15, 0.2) is 90.5 Å². The van der Waals surface area contributed by atoms with E-state index in [1.165, 1.54) is 12.1 Å². The van der Waals surface area contributed by atoms with Gasteiger partial charge in [0.05, 0.1) is 42.7 Å². The van der Waals surface area contributed by atoms with E-state index in [1.807, 2.05) is 67.6 Å². The monoisotopic (exact) mass is 659 g/mol. The Morgan fingerprint density at radius 1 is 1.04 bits per heavy atom. The summed E-state index contributed by atoms with van der Waals surface area (Å²) in [7, 11) is -4.32. The average molecular weight is 660 g/mol. The van der Waals surface area contributed by atoms with E-state index < -0.39 is 50.1 Å². The minimum Gasteiger partial charge on any atom is -0.478 e.